The van der Waals surface area contributed by atoms with E-state index in [2.05, 4.69) is 4.98 Å². The highest BCUT2D eigenvalue weighted by molar-refractivity contribution is 6.30. The normalized spacial score (nSPS) is 18.2. The van der Waals surface area contributed by atoms with Gasteiger partial charge in [0.15, 0.2) is 0 Å². The third kappa shape index (κ3) is 2.55. The molecule has 3 amide bonds. The molecular weight excluding hydrogens is 302 g/mol. The summed E-state index contributed by atoms with van der Waals surface area (Å²) in [5.41, 5.74) is 1.41. The Labute approximate surface area is 133 Å². The number of amides is 3. The van der Waals surface area contributed by atoms with E-state index in [1.807, 2.05) is 6.07 Å². The second-order valence-corrected chi connectivity index (χ2v) is 5.53. The van der Waals surface area contributed by atoms with Gasteiger partial charge < -0.3 is 4.90 Å². The predicted octanol–water partition coefficient (Wildman–Crippen LogP) is 3.09. The highest BCUT2D eigenvalue weighted by Crippen LogP contribution is 2.27. The van der Waals surface area contributed by atoms with E-state index in [4.69, 9.17) is 11.6 Å². The van der Waals surface area contributed by atoms with E-state index < -0.39 is 6.04 Å². The summed E-state index contributed by atoms with van der Waals surface area (Å²) in [7, 11) is 0. The first-order chi connectivity index (χ1) is 10.6. The molecule has 5 nitrogen and oxygen atoms in total. The van der Waals surface area contributed by atoms with E-state index >= 15 is 0 Å². The standard InChI is InChI=1S/C16H14ClN3O2/c1-11-15(21)20(14-6-4-13(17)5-7-14)16(22)19(11)10-12-3-2-8-18-9-12/h2-9,11H,10H2,1H3/t11-/m0/s1. The summed E-state index contributed by atoms with van der Waals surface area (Å²) in [5, 5.41) is 0.558. The number of hydrogen-bond donors (Lipinski definition) is 0. The first-order valence-electron chi connectivity index (χ1n) is 6.87. The number of urea groups is 1. The molecule has 1 fully saturated rings. The second kappa shape index (κ2) is 5.77. The highest BCUT2D eigenvalue weighted by atomic mass is 35.5. The lowest BCUT2D eigenvalue weighted by molar-refractivity contribution is -0.119. The van der Waals surface area contributed by atoms with E-state index in [1.54, 1.807) is 49.6 Å². The maximum atomic E-state index is 12.6. The molecule has 1 atom stereocenters. The molecule has 6 heteroatoms. The van der Waals surface area contributed by atoms with Gasteiger partial charge in [-0.15, -0.1) is 0 Å². The largest absolute Gasteiger partial charge is 0.332 e. The number of nitrogens with zero attached hydrogens (tertiary/aromatic N) is 3. The lowest BCUT2D eigenvalue weighted by atomic mass is 10.2. The van der Waals surface area contributed by atoms with E-state index in [9.17, 15) is 9.59 Å². The van der Waals surface area contributed by atoms with Crippen molar-refractivity contribution in [3.63, 3.8) is 0 Å². The number of anilines is 1. The Hall–Kier alpha value is -2.40. The number of carbonyl (C=O) groups is 2. The van der Waals surface area contributed by atoms with E-state index in [-0.39, 0.29) is 11.9 Å². The van der Waals surface area contributed by atoms with E-state index in [0.29, 0.717) is 17.3 Å². The van der Waals surface area contributed by atoms with Crippen LogP contribution in [0.5, 0.6) is 0 Å². The number of hydrogen-bond acceptors (Lipinski definition) is 3. The summed E-state index contributed by atoms with van der Waals surface area (Å²) in [6, 6.07) is 9.49. The van der Waals surface area contributed by atoms with Crippen molar-refractivity contribution in [3.05, 3.63) is 59.4 Å². The number of imide groups is 1. The molecule has 0 unspecified atom stereocenters. The Morgan fingerprint density at radius 1 is 1.18 bits per heavy atom. The molecule has 1 aliphatic heterocycles. The fourth-order valence-electron chi connectivity index (χ4n) is 2.43. The van der Waals surface area contributed by atoms with Crippen LogP contribution in [-0.4, -0.2) is 27.9 Å². The molecule has 2 heterocycles. The number of benzene rings is 1. The summed E-state index contributed by atoms with van der Waals surface area (Å²) in [6.45, 7) is 2.08. The highest BCUT2D eigenvalue weighted by Gasteiger charge is 2.43. The minimum atomic E-state index is -0.511. The number of rotatable bonds is 3. The molecule has 0 aliphatic carbocycles. The lowest BCUT2D eigenvalue weighted by Gasteiger charge is -2.19. The van der Waals surface area contributed by atoms with Crippen LogP contribution in [0.3, 0.4) is 0 Å². The van der Waals surface area contributed by atoms with Gasteiger partial charge in [-0.25, -0.2) is 9.69 Å². The van der Waals surface area contributed by atoms with E-state index in [1.165, 1.54) is 9.80 Å². The predicted molar refractivity (Wildman–Crippen MR) is 83.6 cm³/mol. The van der Waals surface area contributed by atoms with Gasteiger partial charge in [0.25, 0.3) is 5.91 Å². The van der Waals surface area contributed by atoms with Gasteiger partial charge in [0.2, 0.25) is 0 Å². The number of pyridine rings is 1. The smallest absolute Gasteiger partial charge is 0.308 e. The van der Waals surface area contributed by atoms with Crippen LogP contribution in [0, 0.1) is 0 Å². The maximum Gasteiger partial charge on any atom is 0.332 e. The summed E-state index contributed by atoms with van der Waals surface area (Å²) >= 11 is 5.85. The Morgan fingerprint density at radius 2 is 1.91 bits per heavy atom. The average molecular weight is 316 g/mol. The molecule has 3 rings (SSSR count). The zero-order chi connectivity index (χ0) is 15.7. The fraction of sp³-hybridized carbons (Fsp3) is 0.188. The van der Waals surface area contributed by atoms with Crippen molar-refractivity contribution < 1.29 is 9.59 Å². The van der Waals surface area contributed by atoms with Crippen molar-refractivity contribution in [1.82, 2.24) is 9.88 Å². The van der Waals surface area contributed by atoms with Crippen molar-refractivity contribution in [2.45, 2.75) is 19.5 Å². The topological polar surface area (TPSA) is 53.5 Å². The minimum absolute atomic E-state index is 0.240. The van der Waals surface area contributed by atoms with Gasteiger partial charge in [-0.1, -0.05) is 17.7 Å². The molecule has 1 saturated heterocycles. The minimum Gasteiger partial charge on any atom is -0.308 e. The summed E-state index contributed by atoms with van der Waals surface area (Å²) in [4.78, 5) is 31.8. The molecule has 1 aromatic heterocycles. The summed E-state index contributed by atoms with van der Waals surface area (Å²) in [6.07, 6.45) is 3.36. The van der Waals surface area contributed by atoms with Gasteiger partial charge in [-0.05, 0) is 42.8 Å². The Bertz CT molecular complexity index is 703. The van der Waals surface area contributed by atoms with Crippen molar-refractivity contribution in [2.75, 3.05) is 4.90 Å². The van der Waals surface area contributed by atoms with Crippen molar-refractivity contribution >= 4 is 29.2 Å². The molecule has 1 aliphatic rings. The molecule has 1 aromatic carbocycles. The molecule has 0 bridgehead atoms. The Kier molecular flexibility index (Phi) is 3.81. The Morgan fingerprint density at radius 3 is 2.55 bits per heavy atom. The van der Waals surface area contributed by atoms with Crippen LogP contribution in [-0.2, 0) is 11.3 Å². The van der Waals surface area contributed by atoms with Crippen LogP contribution in [0.4, 0.5) is 10.5 Å². The Balaban J connectivity index is 1.87. The fourth-order valence-corrected chi connectivity index (χ4v) is 2.56. The van der Waals surface area contributed by atoms with Crippen molar-refractivity contribution in [1.29, 1.82) is 0 Å². The van der Waals surface area contributed by atoms with Crippen LogP contribution >= 0.6 is 11.6 Å². The van der Waals surface area contributed by atoms with Crippen LogP contribution < -0.4 is 4.90 Å². The first-order valence-corrected chi connectivity index (χ1v) is 7.25. The van der Waals surface area contributed by atoms with Crippen LogP contribution in [0.2, 0.25) is 5.02 Å². The SMILES string of the molecule is C[C@H]1C(=O)N(c2ccc(Cl)cc2)C(=O)N1Cc1cccnc1. The second-order valence-electron chi connectivity index (χ2n) is 5.10. The van der Waals surface area contributed by atoms with Crippen molar-refractivity contribution in [3.8, 4) is 0 Å². The molecule has 0 radical (unpaired) electrons. The zero-order valence-electron chi connectivity index (χ0n) is 11.9. The van der Waals surface area contributed by atoms with Crippen LogP contribution in [0.25, 0.3) is 0 Å². The number of aromatic nitrogens is 1. The third-order valence-electron chi connectivity index (χ3n) is 3.64. The molecule has 112 valence electrons. The van der Waals surface area contributed by atoms with Crippen LogP contribution in [0.15, 0.2) is 48.8 Å². The summed E-state index contributed by atoms with van der Waals surface area (Å²) < 4.78 is 0. The molecule has 2 aromatic rings. The van der Waals surface area contributed by atoms with Gasteiger partial charge >= 0.3 is 6.03 Å². The van der Waals surface area contributed by atoms with Crippen LogP contribution in [0.1, 0.15) is 12.5 Å². The van der Waals surface area contributed by atoms with Crippen molar-refractivity contribution in [2.24, 2.45) is 0 Å². The maximum absolute atomic E-state index is 12.6. The summed E-state index contributed by atoms with van der Waals surface area (Å²) in [5.74, 6) is -0.240. The first kappa shape index (κ1) is 14.5. The number of halogens is 1. The zero-order valence-corrected chi connectivity index (χ0v) is 12.7. The molecule has 0 saturated carbocycles. The number of carbonyl (C=O) groups excluding carboxylic acids is 2. The lowest BCUT2D eigenvalue weighted by Crippen LogP contribution is -2.33. The molecule has 0 spiro atoms. The third-order valence-corrected chi connectivity index (χ3v) is 3.89. The van der Waals surface area contributed by atoms with E-state index in [0.717, 1.165) is 5.56 Å². The molecule has 0 N–H and O–H groups in total. The van der Waals surface area contributed by atoms with Gasteiger partial charge in [-0.2, -0.15) is 0 Å². The van der Waals surface area contributed by atoms with Gasteiger partial charge in [0.05, 0.1) is 5.69 Å². The molecular formula is C16H14ClN3O2. The van der Waals surface area contributed by atoms with Gasteiger partial charge in [-0.3, -0.25) is 9.78 Å². The van der Waals surface area contributed by atoms with Gasteiger partial charge in [0, 0.05) is 24.0 Å². The molecule has 22 heavy (non-hydrogen) atoms. The quantitative estimate of drug-likeness (QED) is 0.818. The monoisotopic (exact) mass is 315 g/mol. The average Bonchev–Trinajstić information content (AvgIpc) is 2.73. The van der Waals surface area contributed by atoms with Gasteiger partial charge in [0.1, 0.15) is 6.04 Å².